The van der Waals surface area contributed by atoms with Crippen molar-refractivity contribution in [3.05, 3.63) is 81.2 Å². The molecule has 4 rings (SSSR count). The molecule has 1 N–H and O–H groups in total. The quantitative estimate of drug-likeness (QED) is 0.744. The number of aromatic nitrogens is 3. The van der Waals surface area contributed by atoms with Crippen LogP contribution in [0.3, 0.4) is 0 Å². The smallest absolute Gasteiger partial charge is 0.255 e. The van der Waals surface area contributed by atoms with Crippen molar-refractivity contribution in [1.29, 1.82) is 5.26 Å². The van der Waals surface area contributed by atoms with Gasteiger partial charge in [-0.15, -0.1) is 0 Å². The summed E-state index contributed by atoms with van der Waals surface area (Å²) in [7, 11) is 0. The highest BCUT2D eigenvalue weighted by Crippen LogP contribution is 2.21. The van der Waals surface area contributed by atoms with E-state index in [1.54, 1.807) is 6.07 Å². The lowest BCUT2D eigenvalue weighted by Gasteiger charge is -2.28. The van der Waals surface area contributed by atoms with Crippen LogP contribution in [0.4, 0.5) is 0 Å². The van der Waals surface area contributed by atoms with E-state index in [0.717, 1.165) is 53.4 Å². The maximum absolute atomic E-state index is 12.5. The second-order valence-electron chi connectivity index (χ2n) is 7.74. The van der Waals surface area contributed by atoms with Crippen molar-refractivity contribution in [1.82, 2.24) is 19.9 Å². The van der Waals surface area contributed by atoms with Gasteiger partial charge in [0.05, 0.1) is 28.6 Å². The molecular formula is C23H23N5O. The van der Waals surface area contributed by atoms with Crippen molar-refractivity contribution < 1.29 is 0 Å². The topological polar surface area (TPSA) is 85.7 Å². The number of hydrogen-bond donors (Lipinski definition) is 1. The van der Waals surface area contributed by atoms with E-state index in [0.29, 0.717) is 12.1 Å². The van der Waals surface area contributed by atoms with E-state index in [-0.39, 0.29) is 11.5 Å². The minimum atomic E-state index is -0.0192. The lowest BCUT2D eigenvalue weighted by atomic mass is 10.0. The van der Waals surface area contributed by atoms with Crippen LogP contribution in [0.15, 0.2) is 47.4 Å². The SMILES string of the molecule is CC(C)c1nc2c(c(=O)[nH]1)CN(Cc1ccc(-c3cccc(C#N)c3)nc1)CC2. The van der Waals surface area contributed by atoms with Crippen LogP contribution in [-0.2, 0) is 19.5 Å². The van der Waals surface area contributed by atoms with E-state index < -0.39 is 0 Å². The van der Waals surface area contributed by atoms with Gasteiger partial charge in [0.25, 0.3) is 5.56 Å². The van der Waals surface area contributed by atoms with Gasteiger partial charge in [-0.2, -0.15) is 5.26 Å². The molecule has 0 saturated heterocycles. The minimum absolute atomic E-state index is 0.0192. The molecule has 0 unspecified atom stereocenters. The summed E-state index contributed by atoms with van der Waals surface area (Å²) < 4.78 is 0. The fourth-order valence-corrected chi connectivity index (χ4v) is 3.60. The van der Waals surface area contributed by atoms with Crippen LogP contribution < -0.4 is 5.56 Å². The molecule has 0 radical (unpaired) electrons. The molecule has 2 aromatic heterocycles. The average Bonchev–Trinajstić information content (AvgIpc) is 2.74. The monoisotopic (exact) mass is 385 g/mol. The summed E-state index contributed by atoms with van der Waals surface area (Å²) in [5.74, 6) is 0.979. The van der Waals surface area contributed by atoms with Gasteiger partial charge in [-0.25, -0.2) is 4.98 Å². The standard InChI is InChI=1S/C23H23N5O/c1-15(2)22-26-21-8-9-28(14-19(21)23(29)27-22)13-17-6-7-20(25-12-17)18-5-3-4-16(10-18)11-24/h3-7,10,12,15H,8-9,13-14H2,1-2H3,(H,26,27,29). The molecule has 3 heterocycles. The summed E-state index contributed by atoms with van der Waals surface area (Å²) >= 11 is 0. The summed E-state index contributed by atoms with van der Waals surface area (Å²) in [5.41, 5.74) is 5.18. The molecule has 6 heteroatoms. The predicted octanol–water partition coefficient (Wildman–Crippen LogP) is 3.39. The normalized spacial score (nSPS) is 13.9. The molecule has 3 aromatic rings. The molecule has 146 valence electrons. The van der Waals surface area contributed by atoms with Crippen molar-refractivity contribution in [2.24, 2.45) is 0 Å². The maximum Gasteiger partial charge on any atom is 0.255 e. The molecule has 0 atom stereocenters. The van der Waals surface area contributed by atoms with E-state index in [4.69, 9.17) is 5.26 Å². The maximum atomic E-state index is 12.5. The highest BCUT2D eigenvalue weighted by molar-refractivity contribution is 5.61. The summed E-state index contributed by atoms with van der Waals surface area (Å²) in [5, 5.41) is 9.06. The van der Waals surface area contributed by atoms with Crippen LogP contribution in [0.5, 0.6) is 0 Å². The average molecular weight is 385 g/mol. The largest absolute Gasteiger partial charge is 0.310 e. The molecule has 6 nitrogen and oxygen atoms in total. The highest BCUT2D eigenvalue weighted by atomic mass is 16.1. The summed E-state index contributed by atoms with van der Waals surface area (Å²) in [6, 6.07) is 13.6. The van der Waals surface area contributed by atoms with Crippen LogP contribution in [0, 0.1) is 11.3 Å². The molecule has 1 aliphatic rings. The Morgan fingerprint density at radius 2 is 2.14 bits per heavy atom. The van der Waals surface area contributed by atoms with E-state index in [9.17, 15) is 4.79 Å². The number of fused-ring (bicyclic) bond motifs is 1. The van der Waals surface area contributed by atoms with Crippen molar-refractivity contribution in [2.75, 3.05) is 6.54 Å². The van der Waals surface area contributed by atoms with Gasteiger partial charge < -0.3 is 4.98 Å². The molecule has 0 bridgehead atoms. The van der Waals surface area contributed by atoms with Crippen LogP contribution in [0.2, 0.25) is 0 Å². The number of rotatable bonds is 4. The summed E-state index contributed by atoms with van der Waals surface area (Å²) in [6.45, 7) is 6.27. The van der Waals surface area contributed by atoms with Gasteiger partial charge in [-0.05, 0) is 23.8 Å². The van der Waals surface area contributed by atoms with E-state index >= 15 is 0 Å². The third-order valence-electron chi connectivity index (χ3n) is 5.23. The van der Waals surface area contributed by atoms with Crippen molar-refractivity contribution in [2.45, 2.75) is 39.3 Å². The number of aromatic amines is 1. The zero-order valence-electron chi connectivity index (χ0n) is 16.6. The van der Waals surface area contributed by atoms with Gasteiger partial charge in [0.1, 0.15) is 5.82 Å². The van der Waals surface area contributed by atoms with Gasteiger partial charge in [-0.3, -0.25) is 14.7 Å². The second kappa shape index (κ2) is 7.98. The Bertz CT molecular complexity index is 1130. The first-order valence-electron chi connectivity index (χ1n) is 9.83. The Hall–Kier alpha value is -3.30. The molecule has 0 fully saturated rings. The number of nitrogens with one attached hydrogen (secondary N) is 1. The number of nitriles is 1. The van der Waals surface area contributed by atoms with Gasteiger partial charge >= 0.3 is 0 Å². The fraction of sp³-hybridized carbons (Fsp3) is 0.304. The molecule has 0 amide bonds. The lowest BCUT2D eigenvalue weighted by Crippen LogP contribution is -2.36. The van der Waals surface area contributed by atoms with Gasteiger partial charge in [0.15, 0.2) is 0 Å². The molecule has 0 spiro atoms. The van der Waals surface area contributed by atoms with Crippen LogP contribution in [0.25, 0.3) is 11.3 Å². The Balaban J connectivity index is 1.48. The minimum Gasteiger partial charge on any atom is -0.310 e. The predicted molar refractivity (Wildman–Crippen MR) is 111 cm³/mol. The number of nitrogens with zero attached hydrogens (tertiary/aromatic N) is 4. The zero-order chi connectivity index (χ0) is 20.4. The molecule has 29 heavy (non-hydrogen) atoms. The van der Waals surface area contributed by atoms with Crippen LogP contribution >= 0.6 is 0 Å². The zero-order valence-corrected chi connectivity index (χ0v) is 16.6. The molecule has 0 aliphatic carbocycles. The third kappa shape index (κ3) is 4.10. The first-order chi connectivity index (χ1) is 14.0. The Kier molecular flexibility index (Phi) is 5.24. The fourth-order valence-electron chi connectivity index (χ4n) is 3.60. The van der Waals surface area contributed by atoms with Crippen molar-refractivity contribution >= 4 is 0 Å². The molecular weight excluding hydrogens is 362 g/mol. The first-order valence-corrected chi connectivity index (χ1v) is 9.83. The number of pyridine rings is 1. The van der Waals surface area contributed by atoms with Gasteiger partial charge in [0.2, 0.25) is 0 Å². The number of benzene rings is 1. The van der Waals surface area contributed by atoms with Gasteiger partial charge in [0, 0.05) is 43.7 Å². The first kappa shape index (κ1) is 19.0. The lowest BCUT2D eigenvalue weighted by molar-refractivity contribution is 0.241. The van der Waals surface area contributed by atoms with Crippen molar-refractivity contribution in [3.63, 3.8) is 0 Å². The number of H-pyrrole nitrogens is 1. The van der Waals surface area contributed by atoms with E-state index in [1.165, 1.54) is 0 Å². The van der Waals surface area contributed by atoms with Crippen LogP contribution in [0.1, 0.15) is 48.0 Å². The Morgan fingerprint density at radius 3 is 2.86 bits per heavy atom. The van der Waals surface area contributed by atoms with E-state index in [1.807, 2.05) is 44.3 Å². The Labute approximate surface area is 169 Å². The molecule has 1 aliphatic heterocycles. The summed E-state index contributed by atoms with van der Waals surface area (Å²) in [4.78, 5) is 26.9. The van der Waals surface area contributed by atoms with E-state index in [2.05, 4.69) is 32.0 Å². The third-order valence-corrected chi connectivity index (χ3v) is 5.23. The summed E-state index contributed by atoms with van der Waals surface area (Å²) in [6.07, 6.45) is 2.65. The Morgan fingerprint density at radius 1 is 1.28 bits per heavy atom. The van der Waals surface area contributed by atoms with Crippen LogP contribution in [-0.4, -0.2) is 26.4 Å². The highest BCUT2D eigenvalue weighted by Gasteiger charge is 2.22. The number of hydrogen-bond acceptors (Lipinski definition) is 5. The molecule has 0 saturated carbocycles. The molecule has 1 aromatic carbocycles. The van der Waals surface area contributed by atoms with Crippen molar-refractivity contribution in [3.8, 4) is 17.3 Å². The van der Waals surface area contributed by atoms with Gasteiger partial charge in [-0.1, -0.05) is 32.0 Å². The second-order valence-corrected chi connectivity index (χ2v) is 7.74.